The average molecular weight is 367 g/mol. The van der Waals surface area contributed by atoms with Crippen molar-refractivity contribution in [3.8, 4) is 0 Å². The normalized spacial score (nSPS) is 12.7. The Morgan fingerprint density at radius 2 is 2.00 bits per heavy atom. The van der Waals surface area contributed by atoms with Crippen LogP contribution >= 0.6 is 27.7 Å². The van der Waals surface area contributed by atoms with Crippen molar-refractivity contribution in [1.82, 2.24) is 4.72 Å². The number of rotatable bonds is 5. The molecular weight excluding hydrogens is 348 g/mol. The molecule has 0 amide bonds. The highest BCUT2D eigenvalue weighted by Gasteiger charge is 2.23. The van der Waals surface area contributed by atoms with E-state index in [-0.39, 0.29) is 9.64 Å². The van der Waals surface area contributed by atoms with Crippen LogP contribution in [0.2, 0.25) is 0 Å². The molecule has 1 aromatic carbocycles. The van der Waals surface area contributed by atoms with Crippen molar-refractivity contribution in [3.63, 3.8) is 0 Å². The van der Waals surface area contributed by atoms with E-state index in [1.54, 1.807) is 24.8 Å². The summed E-state index contributed by atoms with van der Waals surface area (Å²) >= 11 is 4.90. The number of thioether (sulfide) groups is 1. The quantitative estimate of drug-likeness (QED) is 0.785. The second-order valence-corrected chi connectivity index (χ2v) is 9.03. The van der Waals surface area contributed by atoms with E-state index in [0.717, 1.165) is 0 Å². The van der Waals surface area contributed by atoms with Crippen LogP contribution in [0.5, 0.6) is 0 Å². The zero-order valence-electron chi connectivity index (χ0n) is 11.5. The number of sulfonamides is 1. The van der Waals surface area contributed by atoms with Gasteiger partial charge in [0.1, 0.15) is 0 Å². The summed E-state index contributed by atoms with van der Waals surface area (Å²) in [4.78, 5) is 0.227. The van der Waals surface area contributed by atoms with Crippen molar-refractivity contribution < 1.29 is 8.42 Å². The summed E-state index contributed by atoms with van der Waals surface area (Å²) in [5, 5.41) is 0. The first-order chi connectivity index (χ1) is 8.59. The van der Waals surface area contributed by atoms with E-state index in [1.165, 1.54) is 6.07 Å². The van der Waals surface area contributed by atoms with Gasteiger partial charge < -0.3 is 5.73 Å². The Morgan fingerprint density at radius 3 is 2.53 bits per heavy atom. The van der Waals surface area contributed by atoms with Gasteiger partial charge in [0, 0.05) is 21.5 Å². The van der Waals surface area contributed by atoms with Crippen LogP contribution in [0, 0.1) is 6.92 Å². The smallest absolute Gasteiger partial charge is 0.240 e. The van der Waals surface area contributed by atoms with E-state index in [9.17, 15) is 8.42 Å². The van der Waals surface area contributed by atoms with Gasteiger partial charge in [-0.3, -0.25) is 0 Å². The van der Waals surface area contributed by atoms with E-state index in [4.69, 9.17) is 5.73 Å². The number of nitrogens with two attached hydrogens (primary N) is 1. The first-order valence-electron chi connectivity index (χ1n) is 5.69. The molecule has 3 N–H and O–H groups in total. The van der Waals surface area contributed by atoms with Crippen molar-refractivity contribution >= 4 is 43.4 Å². The maximum absolute atomic E-state index is 12.3. The largest absolute Gasteiger partial charge is 0.398 e. The van der Waals surface area contributed by atoms with Gasteiger partial charge in [0.05, 0.1) is 4.90 Å². The zero-order valence-corrected chi connectivity index (χ0v) is 14.7. The highest BCUT2D eigenvalue weighted by atomic mass is 79.9. The predicted octanol–water partition coefficient (Wildman–Crippen LogP) is 2.76. The minimum absolute atomic E-state index is 0.151. The number of halogens is 1. The number of nitrogens with one attached hydrogen (secondary N) is 1. The average Bonchev–Trinajstić information content (AvgIpc) is 2.31. The maximum Gasteiger partial charge on any atom is 0.240 e. The summed E-state index contributed by atoms with van der Waals surface area (Å²) in [7, 11) is -3.54. The van der Waals surface area contributed by atoms with Crippen LogP contribution in [0.3, 0.4) is 0 Å². The minimum atomic E-state index is -3.54. The second kappa shape index (κ2) is 6.03. The summed E-state index contributed by atoms with van der Waals surface area (Å²) in [6, 6.07) is 3.19. The summed E-state index contributed by atoms with van der Waals surface area (Å²) in [6.45, 7) is 6.09. The van der Waals surface area contributed by atoms with Gasteiger partial charge in [-0.05, 0) is 60.7 Å². The SMILES string of the molecule is CSC(C)(C)CNS(=O)(=O)c1cc(N)c(Br)cc1C. The Kier molecular flexibility index (Phi) is 5.34. The third-order valence-electron chi connectivity index (χ3n) is 2.82. The van der Waals surface area contributed by atoms with Gasteiger partial charge in [0.25, 0.3) is 0 Å². The lowest BCUT2D eigenvalue weighted by Gasteiger charge is -2.22. The molecule has 19 heavy (non-hydrogen) atoms. The molecule has 0 bridgehead atoms. The topological polar surface area (TPSA) is 72.2 Å². The molecule has 0 radical (unpaired) electrons. The monoisotopic (exact) mass is 366 g/mol. The van der Waals surface area contributed by atoms with E-state index >= 15 is 0 Å². The van der Waals surface area contributed by atoms with Crippen LogP contribution in [0.4, 0.5) is 5.69 Å². The first kappa shape index (κ1) is 16.8. The molecule has 0 aliphatic heterocycles. The number of aryl methyl sites for hydroxylation is 1. The van der Waals surface area contributed by atoms with Crippen LogP contribution in [-0.2, 0) is 10.0 Å². The molecule has 0 aliphatic rings. The molecule has 0 aliphatic carbocycles. The van der Waals surface area contributed by atoms with E-state index in [1.807, 2.05) is 20.1 Å². The zero-order chi connectivity index (χ0) is 14.8. The van der Waals surface area contributed by atoms with E-state index in [0.29, 0.717) is 22.3 Å². The molecule has 0 fully saturated rings. The standard InChI is InChI=1S/C12H19BrN2O2S2/c1-8-5-9(13)10(14)6-11(8)19(16,17)15-7-12(2,3)18-4/h5-6,15H,7,14H2,1-4H3. The fraction of sp³-hybridized carbons (Fsp3) is 0.500. The predicted molar refractivity (Wildman–Crippen MR) is 86.1 cm³/mol. The lowest BCUT2D eigenvalue weighted by molar-refractivity contribution is 0.570. The van der Waals surface area contributed by atoms with Gasteiger partial charge >= 0.3 is 0 Å². The molecule has 0 unspecified atom stereocenters. The minimum Gasteiger partial charge on any atom is -0.398 e. The van der Waals surface area contributed by atoms with Gasteiger partial charge in [0.2, 0.25) is 10.0 Å². The van der Waals surface area contributed by atoms with Crippen molar-refractivity contribution in [1.29, 1.82) is 0 Å². The summed E-state index contributed by atoms with van der Waals surface area (Å²) in [5.74, 6) is 0. The Hall–Kier alpha value is -0.240. The number of hydrogen-bond donors (Lipinski definition) is 2. The molecule has 108 valence electrons. The highest BCUT2D eigenvalue weighted by Crippen LogP contribution is 2.27. The number of hydrogen-bond acceptors (Lipinski definition) is 4. The molecule has 0 spiro atoms. The fourth-order valence-corrected chi connectivity index (χ4v) is 3.61. The molecule has 0 saturated carbocycles. The highest BCUT2D eigenvalue weighted by molar-refractivity contribution is 9.10. The Labute approximate surface area is 127 Å². The molecule has 0 saturated heterocycles. The van der Waals surface area contributed by atoms with Crippen LogP contribution < -0.4 is 10.5 Å². The lowest BCUT2D eigenvalue weighted by Crippen LogP contribution is -2.36. The van der Waals surface area contributed by atoms with Crippen LogP contribution in [0.15, 0.2) is 21.5 Å². The number of anilines is 1. The molecule has 0 atom stereocenters. The number of benzene rings is 1. The second-order valence-electron chi connectivity index (χ2n) is 4.93. The molecule has 0 heterocycles. The third-order valence-corrected chi connectivity index (χ3v) is 6.30. The third kappa shape index (κ3) is 4.37. The first-order valence-corrected chi connectivity index (χ1v) is 9.19. The van der Waals surface area contributed by atoms with Gasteiger partial charge in [-0.25, -0.2) is 13.1 Å². The Bertz CT molecular complexity index is 571. The van der Waals surface area contributed by atoms with E-state index in [2.05, 4.69) is 20.7 Å². The van der Waals surface area contributed by atoms with Crippen molar-refractivity contribution in [2.45, 2.75) is 30.4 Å². The maximum atomic E-state index is 12.3. The Balaban J connectivity index is 3.05. The van der Waals surface area contributed by atoms with Gasteiger partial charge in [-0.2, -0.15) is 11.8 Å². The summed E-state index contributed by atoms with van der Waals surface area (Å²) in [5.41, 5.74) is 6.83. The van der Waals surface area contributed by atoms with Gasteiger partial charge in [0.15, 0.2) is 0 Å². The molecule has 1 rings (SSSR count). The van der Waals surface area contributed by atoms with Crippen molar-refractivity contribution in [2.75, 3.05) is 18.5 Å². The van der Waals surface area contributed by atoms with Crippen LogP contribution in [-0.4, -0.2) is 26.0 Å². The van der Waals surface area contributed by atoms with Gasteiger partial charge in [-0.1, -0.05) is 0 Å². The van der Waals surface area contributed by atoms with Crippen LogP contribution in [0.1, 0.15) is 19.4 Å². The number of nitrogen functional groups attached to an aromatic ring is 1. The van der Waals surface area contributed by atoms with Crippen molar-refractivity contribution in [3.05, 3.63) is 22.2 Å². The molecule has 1 aromatic rings. The lowest BCUT2D eigenvalue weighted by atomic mass is 10.2. The fourth-order valence-electron chi connectivity index (χ4n) is 1.38. The molecule has 0 aromatic heterocycles. The molecule has 7 heteroatoms. The molecule has 4 nitrogen and oxygen atoms in total. The summed E-state index contributed by atoms with van der Waals surface area (Å²) in [6.07, 6.45) is 1.96. The van der Waals surface area contributed by atoms with Crippen LogP contribution in [0.25, 0.3) is 0 Å². The van der Waals surface area contributed by atoms with E-state index < -0.39 is 10.0 Å². The molecular formula is C12H19BrN2O2S2. The van der Waals surface area contributed by atoms with Gasteiger partial charge in [-0.15, -0.1) is 0 Å². The van der Waals surface area contributed by atoms with Crippen molar-refractivity contribution in [2.24, 2.45) is 0 Å². The summed E-state index contributed by atoms with van der Waals surface area (Å²) < 4.78 is 27.8. The Morgan fingerprint density at radius 1 is 1.42 bits per heavy atom.